The largest absolute Gasteiger partial charge is 0.454 e. The van der Waals surface area contributed by atoms with E-state index in [-0.39, 0.29) is 11.3 Å². The van der Waals surface area contributed by atoms with Gasteiger partial charge in [0.05, 0.1) is 10.5 Å². The number of hydrogen-bond acceptors (Lipinski definition) is 4. The lowest BCUT2D eigenvalue weighted by atomic mass is 10.1. The summed E-state index contributed by atoms with van der Waals surface area (Å²) in [7, 11) is 0. The van der Waals surface area contributed by atoms with Crippen LogP contribution >= 0.6 is 34.8 Å². The Balaban J connectivity index is 2.95. The Kier molecular flexibility index (Phi) is 4.78. The highest BCUT2D eigenvalue weighted by Crippen LogP contribution is 2.32. The second kappa shape index (κ2) is 5.73. The Morgan fingerprint density at radius 3 is 2.44 bits per heavy atom. The molecule has 8 heteroatoms. The van der Waals surface area contributed by atoms with Crippen LogP contribution in [0.1, 0.15) is 18.6 Å². The molecule has 5 nitrogen and oxygen atoms in total. The van der Waals surface area contributed by atoms with Crippen molar-refractivity contribution in [2.75, 3.05) is 0 Å². The minimum atomic E-state index is -2.21. The predicted octanol–water partition coefficient (Wildman–Crippen LogP) is 3.57. The summed E-state index contributed by atoms with van der Waals surface area (Å²) in [5.74, 6) is -1.09. The number of hydrogen-bond donors (Lipinski definition) is 0. The molecule has 1 rings (SSSR count). The maximum absolute atomic E-state index is 11.3. The van der Waals surface area contributed by atoms with Gasteiger partial charge in [0.2, 0.25) is 0 Å². The van der Waals surface area contributed by atoms with E-state index < -0.39 is 20.8 Å². The van der Waals surface area contributed by atoms with E-state index in [0.717, 1.165) is 0 Å². The Bertz CT molecular complexity index is 472. The van der Waals surface area contributed by atoms with Gasteiger partial charge in [-0.2, -0.15) is 0 Å². The number of carbonyl (C=O) groups excluding carboxylic acids is 1. The van der Waals surface area contributed by atoms with Crippen molar-refractivity contribution in [3.63, 3.8) is 0 Å². The minimum absolute atomic E-state index is 0.165. The van der Waals surface area contributed by atoms with Crippen LogP contribution < -0.4 is 0 Å². The van der Waals surface area contributed by atoms with Crippen LogP contribution in [-0.2, 0) is 9.53 Å². The van der Waals surface area contributed by atoms with Crippen LogP contribution in [0.2, 0.25) is 0 Å². The van der Waals surface area contributed by atoms with Gasteiger partial charge >= 0.3 is 5.97 Å². The fraction of sp³-hybridized carbons (Fsp3) is 0.300. The molecule has 0 fully saturated rings. The van der Waals surface area contributed by atoms with Crippen molar-refractivity contribution >= 4 is 46.5 Å². The van der Waals surface area contributed by atoms with Crippen molar-refractivity contribution in [1.29, 1.82) is 0 Å². The van der Waals surface area contributed by atoms with Crippen molar-refractivity contribution in [1.82, 2.24) is 0 Å². The molecule has 0 amide bonds. The summed E-state index contributed by atoms with van der Waals surface area (Å²) in [4.78, 5) is 21.6. The third-order valence-electron chi connectivity index (χ3n) is 2.09. The first-order chi connectivity index (χ1) is 8.23. The van der Waals surface area contributed by atoms with E-state index in [2.05, 4.69) is 0 Å². The number of rotatable bonds is 3. The third-order valence-corrected chi connectivity index (χ3v) is 2.55. The predicted molar refractivity (Wildman–Crippen MR) is 67.9 cm³/mol. The molecular weight excluding hydrogens is 304 g/mol. The van der Waals surface area contributed by atoms with Crippen molar-refractivity contribution in [2.24, 2.45) is 0 Å². The molecule has 0 bridgehead atoms. The van der Waals surface area contributed by atoms with Crippen LogP contribution in [0.15, 0.2) is 24.3 Å². The lowest BCUT2D eigenvalue weighted by Crippen LogP contribution is -2.23. The van der Waals surface area contributed by atoms with Crippen molar-refractivity contribution in [3.8, 4) is 0 Å². The number of nitro groups is 1. The molecule has 0 saturated heterocycles. The average molecular weight is 313 g/mol. The van der Waals surface area contributed by atoms with Crippen LogP contribution in [0, 0.1) is 10.1 Å². The van der Waals surface area contributed by atoms with Gasteiger partial charge in [-0.05, 0) is 13.0 Å². The lowest BCUT2D eigenvalue weighted by molar-refractivity contribution is -0.386. The zero-order valence-electron chi connectivity index (χ0n) is 9.10. The Labute approximate surface area is 118 Å². The number of benzene rings is 1. The number of para-hydroxylation sites is 1. The number of esters is 1. The van der Waals surface area contributed by atoms with Crippen LogP contribution in [0.25, 0.3) is 0 Å². The quantitative estimate of drug-likeness (QED) is 0.370. The molecule has 98 valence electrons. The summed E-state index contributed by atoms with van der Waals surface area (Å²) in [5.41, 5.74) is 0.0622. The normalized spacial score (nSPS) is 12.9. The van der Waals surface area contributed by atoms with E-state index in [1.54, 1.807) is 6.07 Å². The highest BCUT2D eigenvalue weighted by atomic mass is 35.6. The maximum Gasteiger partial charge on any atom is 0.359 e. The van der Waals surface area contributed by atoms with Crippen molar-refractivity contribution in [2.45, 2.75) is 16.8 Å². The number of alkyl halides is 3. The minimum Gasteiger partial charge on any atom is -0.454 e. The van der Waals surface area contributed by atoms with Crippen LogP contribution in [0.5, 0.6) is 0 Å². The molecule has 18 heavy (non-hydrogen) atoms. The average Bonchev–Trinajstić information content (AvgIpc) is 2.27. The highest BCUT2D eigenvalue weighted by molar-refractivity contribution is 6.75. The van der Waals surface area contributed by atoms with Gasteiger partial charge in [-0.3, -0.25) is 10.1 Å². The summed E-state index contributed by atoms with van der Waals surface area (Å²) >= 11 is 16.0. The van der Waals surface area contributed by atoms with Gasteiger partial charge < -0.3 is 4.74 Å². The van der Waals surface area contributed by atoms with Gasteiger partial charge in [0.1, 0.15) is 6.10 Å². The zero-order chi connectivity index (χ0) is 13.9. The van der Waals surface area contributed by atoms with E-state index in [4.69, 9.17) is 39.5 Å². The first-order valence-corrected chi connectivity index (χ1v) is 5.88. The second-order valence-corrected chi connectivity index (χ2v) is 5.64. The maximum atomic E-state index is 11.3. The lowest BCUT2D eigenvalue weighted by Gasteiger charge is -2.16. The molecule has 1 unspecified atom stereocenters. The Morgan fingerprint density at radius 2 is 1.94 bits per heavy atom. The molecule has 0 heterocycles. The smallest absolute Gasteiger partial charge is 0.359 e. The van der Waals surface area contributed by atoms with E-state index >= 15 is 0 Å². The van der Waals surface area contributed by atoms with Gasteiger partial charge in [0.15, 0.2) is 0 Å². The summed E-state index contributed by atoms with van der Waals surface area (Å²) in [6.07, 6.45) is -0.894. The van der Waals surface area contributed by atoms with Gasteiger partial charge in [-0.25, -0.2) is 4.79 Å². The van der Waals surface area contributed by atoms with E-state index in [9.17, 15) is 14.9 Å². The van der Waals surface area contributed by atoms with Gasteiger partial charge in [0, 0.05) is 6.07 Å². The topological polar surface area (TPSA) is 69.4 Å². The fourth-order valence-corrected chi connectivity index (χ4v) is 1.42. The molecule has 0 spiro atoms. The van der Waals surface area contributed by atoms with Gasteiger partial charge in [-0.15, -0.1) is 0 Å². The molecule has 1 atom stereocenters. The van der Waals surface area contributed by atoms with E-state index in [1.165, 1.54) is 25.1 Å². The molecular formula is C10H8Cl3NO4. The summed E-state index contributed by atoms with van der Waals surface area (Å²) in [6.45, 7) is 1.46. The summed E-state index contributed by atoms with van der Waals surface area (Å²) < 4.78 is 2.64. The number of nitro benzene ring substituents is 1. The third kappa shape index (κ3) is 3.73. The fourth-order valence-electron chi connectivity index (χ4n) is 1.29. The van der Waals surface area contributed by atoms with Crippen LogP contribution in [-0.4, -0.2) is 14.7 Å². The summed E-state index contributed by atoms with van der Waals surface area (Å²) in [6, 6.07) is 5.86. The first-order valence-electron chi connectivity index (χ1n) is 4.74. The Hall–Kier alpha value is -1.04. The summed E-state index contributed by atoms with van der Waals surface area (Å²) in [5, 5.41) is 10.8. The number of ether oxygens (including phenoxy) is 1. The molecule has 0 aliphatic carbocycles. The molecule has 0 radical (unpaired) electrons. The van der Waals surface area contributed by atoms with Gasteiger partial charge in [-0.1, -0.05) is 46.9 Å². The standard InChI is InChI=1S/C10H8Cl3NO4/c1-6(18-9(15)10(11,12)13)7-4-2-3-5-8(7)14(16)17/h2-6H,1H3. The number of halogens is 3. The Morgan fingerprint density at radius 1 is 1.39 bits per heavy atom. The molecule has 1 aromatic carbocycles. The molecule has 0 aliphatic rings. The van der Waals surface area contributed by atoms with Crippen LogP contribution in [0.3, 0.4) is 0 Å². The van der Waals surface area contributed by atoms with Crippen LogP contribution in [0.4, 0.5) is 5.69 Å². The zero-order valence-corrected chi connectivity index (χ0v) is 11.4. The molecule has 0 aromatic heterocycles. The van der Waals surface area contributed by atoms with Gasteiger partial charge in [0.25, 0.3) is 9.48 Å². The first kappa shape index (κ1) is 15.0. The molecule has 0 aliphatic heterocycles. The molecule has 1 aromatic rings. The second-order valence-electron chi connectivity index (χ2n) is 3.36. The van der Waals surface area contributed by atoms with Crippen molar-refractivity contribution < 1.29 is 14.5 Å². The number of nitrogens with zero attached hydrogens (tertiary/aromatic N) is 1. The highest BCUT2D eigenvalue weighted by Gasteiger charge is 2.35. The van der Waals surface area contributed by atoms with E-state index in [0.29, 0.717) is 0 Å². The molecule has 0 N–H and O–H groups in total. The molecule has 0 saturated carbocycles. The SMILES string of the molecule is CC(OC(=O)C(Cl)(Cl)Cl)c1ccccc1[N+](=O)[O-]. The monoisotopic (exact) mass is 311 g/mol. The van der Waals surface area contributed by atoms with E-state index in [1.807, 2.05) is 0 Å². The van der Waals surface area contributed by atoms with Crippen molar-refractivity contribution in [3.05, 3.63) is 39.9 Å². The number of carbonyl (C=O) groups is 1.